The van der Waals surface area contributed by atoms with E-state index in [2.05, 4.69) is 15.0 Å². The Balaban J connectivity index is 2.08. The predicted octanol–water partition coefficient (Wildman–Crippen LogP) is 0.266. The van der Waals surface area contributed by atoms with E-state index >= 15 is 0 Å². The molecule has 5 heteroatoms. The lowest BCUT2D eigenvalue weighted by molar-refractivity contribution is 0.157. The zero-order chi connectivity index (χ0) is 10.2. The first-order valence-corrected chi connectivity index (χ1v) is 4.31. The van der Waals surface area contributed by atoms with Gasteiger partial charge in [-0.1, -0.05) is 6.07 Å². The molecule has 0 spiro atoms. The largest absolute Gasteiger partial charge is 0.448 e. The van der Waals surface area contributed by atoms with Crippen molar-refractivity contribution in [1.29, 1.82) is 0 Å². The molecule has 3 N–H and O–H groups in total. The Morgan fingerprint density at radius 1 is 1.64 bits per heavy atom. The summed E-state index contributed by atoms with van der Waals surface area (Å²) >= 11 is 0. The zero-order valence-electron chi connectivity index (χ0n) is 7.77. The Morgan fingerprint density at radius 3 is 3.14 bits per heavy atom. The van der Waals surface area contributed by atoms with Crippen LogP contribution >= 0.6 is 0 Å². The maximum absolute atomic E-state index is 10.2. The lowest BCUT2D eigenvalue weighted by Crippen LogP contribution is -2.23. The molecule has 1 rings (SSSR count). The average molecular weight is 195 g/mol. The van der Waals surface area contributed by atoms with Crippen LogP contribution in [0.25, 0.3) is 0 Å². The van der Waals surface area contributed by atoms with Crippen LogP contribution in [-0.2, 0) is 11.3 Å². The Hall–Kier alpha value is -1.62. The molecule has 14 heavy (non-hydrogen) atoms. The summed E-state index contributed by atoms with van der Waals surface area (Å²) < 4.78 is 4.54. The first-order valence-electron chi connectivity index (χ1n) is 4.31. The highest BCUT2D eigenvalue weighted by molar-refractivity contribution is 5.64. The van der Waals surface area contributed by atoms with Crippen LogP contribution in [0, 0.1) is 0 Å². The fourth-order valence-corrected chi connectivity index (χ4v) is 0.959. The molecular weight excluding hydrogens is 182 g/mol. The number of pyridine rings is 1. The molecule has 0 unspecified atom stereocenters. The van der Waals surface area contributed by atoms with Crippen molar-refractivity contribution in [2.24, 2.45) is 5.73 Å². The second kappa shape index (κ2) is 5.93. The quantitative estimate of drug-likeness (QED) is 0.661. The van der Waals surface area contributed by atoms with E-state index in [1.807, 2.05) is 12.1 Å². The molecule has 0 aliphatic heterocycles. The van der Waals surface area contributed by atoms with E-state index < -0.39 is 6.09 Å². The second-order valence-corrected chi connectivity index (χ2v) is 2.71. The molecule has 5 nitrogen and oxygen atoms in total. The van der Waals surface area contributed by atoms with Gasteiger partial charge >= 0.3 is 6.09 Å². The molecule has 1 aromatic rings. The zero-order valence-corrected chi connectivity index (χ0v) is 7.77. The molecule has 1 amide bonds. The maximum Gasteiger partial charge on any atom is 0.404 e. The predicted molar refractivity (Wildman–Crippen MR) is 51.5 cm³/mol. The molecule has 0 aliphatic carbocycles. The van der Waals surface area contributed by atoms with E-state index in [0.717, 1.165) is 5.56 Å². The number of rotatable bonds is 5. The number of ether oxygens (including phenoxy) is 1. The van der Waals surface area contributed by atoms with Crippen molar-refractivity contribution in [2.75, 3.05) is 13.2 Å². The normalized spacial score (nSPS) is 9.71. The number of aromatic nitrogens is 1. The average Bonchev–Trinajstić information content (AvgIpc) is 2.18. The third kappa shape index (κ3) is 4.42. The molecule has 0 saturated carbocycles. The first kappa shape index (κ1) is 10.5. The summed E-state index contributed by atoms with van der Waals surface area (Å²) in [5.41, 5.74) is 5.88. The van der Waals surface area contributed by atoms with Crippen molar-refractivity contribution >= 4 is 6.09 Å². The highest BCUT2D eigenvalue weighted by Crippen LogP contribution is 1.93. The molecule has 1 aromatic heterocycles. The van der Waals surface area contributed by atoms with Gasteiger partial charge in [-0.2, -0.15) is 0 Å². The minimum Gasteiger partial charge on any atom is -0.448 e. The Labute approximate surface area is 82.3 Å². The van der Waals surface area contributed by atoms with Crippen molar-refractivity contribution in [3.8, 4) is 0 Å². The number of amides is 1. The maximum atomic E-state index is 10.2. The molecule has 1 heterocycles. The summed E-state index contributed by atoms with van der Waals surface area (Å²) in [6.07, 6.45) is 2.76. The smallest absolute Gasteiger partial charge is 0.404 e. The molecular formula is C9H13N3O2. The number of nitrogens with zero attached hydrogens (tertiary/aromatic N) is 1. The highest BCUT2D eigenvalue weighted by atomic mass is 16.5. The lowest BCUT2D eigenvalue weighted by Gasteiger charge is -2.03. The molecule has 0 aromatic carbocycles. The monoisotopic (exact) mass is 195 g/mol. The third-order valence-corrected chi connectivity index (χ3v) is 1.58. The number of nitrogens with one attached hydrogen (secondary N) is 1. The van der Waals surface area contributed by atoms with E-state index in [4.69, 9.17) is 5.73 Å². The molecule has 0 bridgehead atoms. The van der Waals surface area contributed by atoms with Crippen LogP contribution in [0.1, 0.15) is 5.56 Å². The van der Waals surface area contributed by atoms with Gasteiger partial charge in [0.15, 0.2) is 0 Å². The Kier molecular flexibility index (Phi) is 4.43. The fraction of sp³-hybridized carbons (Fsp3) is 0.333. The summed E-state index contributed by atoms with van der Waals surface area (Å²) in [4.78, 5) is 14.2. The summed E-state index contributed by atoms with van der Waals surface area (Å²) in [6, 6.07) is 3.84. The number of carbonyl (C=O) groups excluding carboxylic acids is 1. The number of primary amides is 1. The summed E-state index contributed by atoms with van der Waals surface area (Å²) in [5.74, 6) is 0. The third-order valence-electron chi connectivity index (χ3n) is 1.58. The van der Waals surface area contributed by atoms with Gasteiger partial charge in [0.2, 0.25) is 0 Å². The van der Waals surface area contributed by atoms with Gasteiger partial charge in [-0.3, -0.25) is 4.98 Å². The standard InChI is InChI=1S/C9H13N3O2/c10-9(13)14-5-4-12-7-8-2-1-3-11-6-8/h1-3,6,12H,4-5,7H2,(H2,10,13). The van der Waals surface area contributed by atoms with Crippen LogP contribution < -0.4 is 11.1 Å². The van der Waals surface area contributed by atoms with Crippen LogP contribution in [0.5, 0.6) is 0 Å². The molecule has 0 radical (unpaired) electrons. The minimum absolute atomic E-state index is 0.287. The van der Waals surface area contributed by atoms with Gasteiger partial charge < -0.3 is 15.8 Å². The van der Waals surface area contributed by atoms with Gasteiger partial charge in [0, 0.05) is 25.5 Å². The van der Waals surface area contributed by atoms with Crippen molar-refractivity contribution in [2.45, 2.75) is 6.54 Å². The van der Waals surface area contributed by atoms with E-state index in [1.165, 1.54) is 0 Å². The van der Waals surface area contributed by atoms with Gasteiger partial charge in [0.25, 0.3) is 0 Å². The molecule has 0 atom stereocenters. The van der Waals surface area contributed by atoms with Crippen molar-refractivity contribution in [1.82, 2.24) is 10.3 Å². The number of hydrogen-bond acceptors (Lipinski definition) is 4. The second-order valence-electron chi connectivity index (χ2n) is 2.71. The van der Waals surface area contributed by atoms with Crippen molar-refractivity contribution in [3.05, 3.63) is 30.1 Å². The van der Waals surface area contributed by atoms with Crippen LogP contribution in [0.3, 0.4) is 0 Å². The van der Waals surface area contributed by atoms with E-state index in [-0.39, 0.29) is 6.61 Å². The Bertz CT molecular complexity index is 277. The van der Waals surface area contributed by atoms with Crippen LogP contribution in [-0.4, -0.2) is 24.2 Å². The van der Waals surface area contributed by atoms with Gasteiger partial charge in [-0.25, -0.2) is 4.79 Å². The van der Waals surface area contributed by atoms with Gasteiger partial charge in [0.05, 0.1) is 0 Å². The van der Waals surface area contributed by atoms with Crippen LogP contribution in [0.15, 0.2) is 24.5 Å². The lowest BCUT2D eigenvalue weighted by atomic mass is 10.3. The van der Waals surface area contributed by atoms with Gasteiger partial charge in [0.1, 0.15) is 6.61 Å². The summed E-state index contributed by atoms with van der Waals surface area (Å²) in [7, 11) is 0. The van der Waals surface area contributed by atoms with E-state index in [1.54, 1.807) is 12.4 Å². The van der Waals surface area contributed by atoms with E-state index in [0.29, 0.717) is 13.1 Å². The Morgan fingerprint density at radius 2 is 2.50 bits per heavy atom. The minimum atomic E-state index is -0.742. The highest BCUT2D eigenvalue weighted by Gasteiger charge is 1.93. The number of carbonyl (C=O) groups is 1. The van der Waals surface area contributed by atoms with Crippen molar-refractivity contribution in [3.63, 3.8) is 0 Å². The van der Waals surface area contributed by atoms with Crippen LogP contribution in [0.2, 0.25) is 0 Å². The number of nitrogens with two attached hydrogens (primary N) is 1. The first-order chi connectivity index (χ1) is 6.79. The van der Waals surface area contributed by atoms with Crippen LogP contribution in [0.4, 0.5) is 4.79 Å². The fourth-order valence-electron chi connectivity index (χ4n) is 0.959. The SMILES string of the molecule is NC(=O)OCCNCc1cccnc1. The molecule has 0 saturated heterocycles. The summed E-state index contributed by atoms with van der Waals surface area (Å²) in [5, 5.41) is 3.08. The van der Waals surface area contributed by atoms with Gasteiger partial charge in [-0.05, 0) is 11.6 Å². The molecule has 0 fully saturated rings. The van der Waals surface area contributed by atoms with Gasteiger partial charge in [-0.15, -0.1) is 0 Å². The molecule has 76 valence electrons. The van der Waals surface area contributed by atoms with E-state index in [9.17, 15) is 4.79 Å². The summed E-state index contributed by atoms with van der Waals surface area (Å²) in [6.45, 7) is 1.57. The topological polar surface area (TPSA) is 77.2 Å². The number of hydrogen-bond donors (Lipinski definition) is 2. The van der Waals surface area contributed by atoms with Crippen molar-refractivity contribution < 1.29 is 9.53 Å². The molecule has 0 aliphatic rings.